The molecule has 0 aromatic heterocycles. The van der Waals surface area contributed by atoms with E-state index in [1.54, 1.807) is 0 Å². The van der Waals surface area contributed by atoms with Crippen molar-refractivity contribution >= 4 is 10.1 Å². The molecule has 0 rings (SSSR count). The number of hydrogen-bond acceptors (Lipinski definition) is 2. The predicted molar refractivity (Wildman–Crippen MR) is 68.7 cm³/mol. The van der Waals surface area contributed by atoms with Gasteiger partial charge >= 0.3 is 6.18 Å². The van der Waals surface area contributed by atoms with Gasteiger partial charge < -0.3 is 0 Å². The van der Waals surface area contributed by atoms with Gasteiger partial charge in [-0.25, -0.2) is 4.39 Å². The molecule has 0 amide bonds. The molecular formula is C12H22F4O3S. The monoisotopic (exact) mass is 322 g/mol. The second kappa shape index (κ2) is 9.55. The average Bonchev–Trinajstić information content (AvgIpc) is 2.28. The molecule has 0 aromatic carbocycles. The van der Waals surface area contributed by atoms with Gasteiger partial charge in [0.1, 0.15) is 0 Å². The van der Waals surface area contributed by atoms with E-state index in [1.165, 1.54) is 0 Å². The first-order valence-electron chi connectivity index (χ1n) is 6.80. The molecule has 1 N–H and O–H groups in total. The van der Waals surface area contributed by atoms with Crippen molar-refractivity contribution in [1.82, 2.24) is 0 Å². The van der Waals surface area contributed by atoms with Gasteiger partial charge in [-0.05, 0) is 19.3 Å². The molecular weight excluding hydrogens is 300 g/mol. The number of unbranched alkanes of at least 4 members (excludes halogenated alkanes) is 7. The molecule has 8 heteroatoms. The molecule has 0 aliphatic carbocycles. The normalized spacial score (nSPS) is 14.4. The van der Waals surface area contributed by atoms with Gasteiger partial charge in [-0.15, -0.1) is 0 Å². The van der Waals surface area contributed by atoms with Crippen molar-refractivity contribution in [3.05, 3.63) is 0 Å². The van der Waals surface area contributed by atoms with Crippen LogP contribution in [0.1, 0.15) is 64.2 Å². The Morgan fingerprint density at radius 3 is 1.65 bits per heavy atom. The van der Waals surface area contributed by atoms with E-state index < -0.39 is 28.2 Å². The third-order valence-corrected chi connectivity index (χ3v) is 3.85. The van der Waals surface area contributed by atoms with E-state index in [1.807, 2.05) is 0 Å². The Bertz CT molecular complexity index is 341. The van der Waals surface area contributed by atoms with Crippen molar-refractivity contribution in [2.24, 2.45) is 0 Å². The molecule has 0 saturated carbocycles. The number of halogens is 4. The minimum Gasteiger partial charge on any atom is -0.283 e. The maximum atomic E-state index is 12.8. The molecule has 0 heterocycles. The molecule has 3 nitrogen and oxygen atoms in total. The summed E-state index contributed by atoms with van der Waals surface area (Å²) in [7, 11) is -4.58. The number of hydrogen-bond donors (Lipinski definition) is 1. The first-order chi connectivity index (χ1) is 9.13. The van der Waals surface area contributed by atoms with Crippen molar-refractivity contribution in [3.63, 3.8) is 0 Å². The highest BCUT2D eigenvalue weighted by molar-refractivity contribution is 7.86. The van der Waals surface area contributed by atoms with Crippen LogP contribution in [0.25, 0.3) is 0 Å². The number of alkyl halides is 4. The van der Waals surface area contributed by atoms with Crippen LogP contribution in [0.4, 0.5) is 17.6 Å². The van der Waals surface area contributed by atoms with Gasteiger partial charge in [0.05, 0.1) is 0 Å². The maximum Gasteiger partial charge on any atom is 0.389 e. The fraction of sp³-hybridized carbons (Fsp3) is 1.00. The van der Waals surface area contributed by atoms with Crippen molar-refractivity contribution in [1.29, 1.82) is 0 Å². The van der Waals surface area contributed by atoms with Gasteiger partial charge in [0.2, 0.25) is 5.50 Å². The molecule has 20 heavy (non-hydrogen) atoms. The molecule has 0 aromatic rings. The zero-order valence-electron chi connectivity index (χ0n) is 11.3. The topological polar surface area (TPSA) is 54.4 Å². The molecule has 1 atom stereocenters. The lowest BCUT2D eigenvalue weighted by molar-refractivity contribution is -0.135. The average molecular weight is 322 g/mol. The lowest BCUT2D eigenvalue weighted by Gasteiger charge is -2.06. The van der Waals surface area contributed by atoms with Crippen LogP contribution in [0.15, 0.2) is 0 Å². The minimum atomic E-state index is -4.58. The van der Waals surface area contributed by atoms with Crippen LogP contribution in [0, 0.1) is 0 Å². The van der Waals surface area contributed by atoms with Gasteiger partial charge in [0.25, 0.3) is 10.1 Å². The van der Waals surface area contributed by atoms with Crippen molar-refractivity contribution in [2.75, 3.05) is 0 Å². The zero-order chi connectivity index (χ0) is 15.6. The zero-order valence-corrected chi connectivity index (χ0v) is 12.1. The van der Waals surface area contributed by atoms with E-state index in [2.05, 4.69) is 0 Å². The second-order valence-electron chi connectivity index (χ2n) is 4.91. The SMILES string of the molecule is O=S(=O)(O)C(F)CCCCCCCCCCC(F)(F)F. The molecule has 122 valence electrons. The molecule has 1 unspecified atom stereocenters. The quantitative estimate of drug-likeness (QED) is 0.343. The molecule has 0 fully saturated rings. The van der Waals surface area contributed by atoms with Gasteiger partial charge in [-0.1, -0.05) is 38.5 Å². The Balaban J connectivity index is 3.30. The molecule has 0 radical (unpaired) electrons. The van der Waals surface area contributed by atoms with E-state index in [0.29, 0.717) is 19.3 Å². The summed E-state index contributed by atoms with van der Waals surface area (Å²) in [6, 6.07) is 0. The first-order valence-corrected chi connectivity index (χ1v) is 8.30. The van der Waals surface area contributed by atoms with Gasteiger partial charge in [0.15, 0.2) is 0 Å². The largest absolute Gasteiger partial charge is 0.389 e. The van der Waals surface area contributed by atoms with Crippen LogP contribution in [0.3, 0.4) is 0 Å². The Kier molecular flexibility index (Phi) is 9.37. The predicted octanol–water partition coefficient (Wildman–Crippen LogP) is 4.63. The summed E-state index contributed by atoms with van der Waals surface area (Å²) in [5.41, 5.74) is -2.22. The lowest BCUT2D eigenvalue weighted by Crippen LogP contribution is -2.14. The summed E-state index contributed by atoms with van der Waals surface area (Å²) >= 11 is 0. The summed E-state index contributed by atoms with van der Waals surface area (Å²) in [5, 5.41) is 0. The fourth-order valence-corrected chi connectivity index (χ4v) is 2.30. The van der Waals surface area contributed by atoms with Crippen molar-refractivity contribution < 1.29 is 30.5 Å². The summed E-state index contributed by atoms with van der Waals surface area (Å²) in [6.45, 7) is 0. The second-order valence-corrected chi connectivity index (χ2v) is 6.45. The minimum absolute atomic E-state index is 0.154. The van der Waals surface area contributed by atoms with E-state index in [0.717, 1.165) is 25.7 Å². The van der Waals surface area contributed by atoms with E-state index >= 15 is 0 Å². The Hall–Kier alpha value is -0.370. The summed E-state index contributed by atoms with van der Waals surface area (Å²) in [4.78, 5) is 0. The molecule has 0 aliphatic rings. The highest BCUT2D eigenvalue weighted by atomic mass is 32.2. The fourth-order valence-electron chi connectivity index (χ4n) is 1.84. The van der Waals surface area contributed by atoms with Gasteiger partial charge in [-0.3, -0.25) is 4.55 Å². The highest BCUT2D eigenvalue weighted by Crippen LogP contribution is 2.23. The molecule has 0 saturated heterocycles. The molecule has 0 spiro atoms. The highest BCUT2D eigenvalue weighted by Gasteiger charge is 2.25. The third-order valence-electron chi connectivity index (χ3n) is 2.96. The Morgan fingerprint density at radius 1 is 0.850 bits per heavy atom. The standard InChI is InChI=1S/C12H22F4O3S/c13-11(20(17,18)19)9-7-5-3-1-2-4-6-8-10-12(14,15)16/h11H,1-10H2,(H,17,18,19). The smallest absolute Gasteiger partial charge is 0.283 e. The molecule has 0 aliphatic heterocycles. The van der Waals surface area contributed by atoms with Gasteiger partial charge in [0, 0.05) is 6.42 Å². The summed E-state index contributed by atoms with van der Waals surface area (Å²) in [6.07, 6.45) is -0.0982. The van der Waals surface area contributed by atoms with E-state index in [4.69, 9.17) is 4.55 Å². The Morgan fingerprint density at radius 2 is 1.25 bits per heavy atom. The van der Waals surface area contributed by atoms with Crippen LogP contribution in [-0.2, 0) is 10.1 Å². The van der Waals surface area contributed by atoms with E-state index in [9.17, 15) is 26.0 Å². The summed E-state index contributed by atoms with van der Waals surface area (Å²) < 4.78 is 77.4. The maximum absolute atomic E-state index is 12.8. The van der Waals surface area contributed by atoms with E-state index in [-0.39, 0.29) is 12.8 Å². The van der Waals surface area contributed by atoms with Crippen molar-refractivity contribution in [3.8, 4) is 0 Å². The molecule has 0 bridgehead atoms. The van der Waals surface area contributed by atoms with Crippen LogP contribution in [0.5, 0.6) is 0 Å². The first kappa shape index (κ1) is 19.6. The van der Waals surface area contributed by atoms with Crippen LogP contribution in [0.2, 0.25) is 0 Å². The summed E-state index contributed by atoms with van der Waals surface area (Å²) in [5.74, 6) is 0. The lowest BCUT2D eigenvalue weighted by atomic mass is 10.1. The van der Waals surface area contributed by atoms with Gasteiger partial charge in [-0.2, -0.15) is 21.6 Å². The number of rotatable bonds is 11. The van der Waals surface area contributed by atoms with Crippen LogP contribution in [-0.4, -0.2) is 24.7 Å². The van der Waals surface area contributed by atoms with Crippen LogP contribution < -0.4 is 0 Å². The Labute approximate surface area is 117 Å². The third kappa shape index (κ3) is 12.7. The van der Waals surface area contributed by atoms with Crippen molar-refractivity contribution in [2.45, 2.75) is 75.9 Å². The van der Waals surface area contributed by atoms with Crippen LogP contribution >= 0.6 is 0 Å².